The zero-order chi connectivity index (χ0) is 31.9. The van der Waals surface area contributed by atoms with Gasteiger partial charge in [0, 0.05) is 37.1 Å². The Balaban J connectivity index is 1.89. The lowest BCUT2D eigenvalue weighted by atomic mass is 10.0. The van der Waals surface area contributed by atoms with Crippen LogP contribution in [0.2, 0.25) is 0 Å². The van der Waals surface area contributed by atoms with Crippen LogP contribution in [0, 0.1) is 25.1 Å². The number of anilines is 1. The molecule has 0 saturated carbocycles. The predicted molar refractivity (Wildman–Crippen MR) is 160 cm³/mol. The number of halogens is 2. The third-order valence-corrected chi connectivity index (χ3v) is 8.57. The van der Waals surface area contributed by atoms with Crippen molar-refractivity contribution in [2.75, 3.05) is 30.8 Å². The minimum Gasteiger partial charge on any atom is -0.339 e. The van der Waals surface area contributed by atoms with E-state index in [1.54, 1.807) is 11.8 Å². The fourth-order valence-corrected chi connectivity index (χ4v) is 6.48. The molecule has 0 unspecified atom stereocenters. The Labute approximate surface area is 251 Å². The van der Waals surface area contributed by atoms with Crippen molar-refractivity contribution in [3.8, 4) is 16.9 Å². The molecule has 1 amide bonds. The molecule has 0 radical (unpaired) electrons. The van der Waals surface area contributed by atoms with Gasteiger partial charge in [0.05, 0.1) is 21.7 Å². The number of pyridine rings is 2. The van der Waals surface area contributed by atoms with Crippen LogP contribution in [0.4, 0.5) is 14.6 Å². The fraction of sp³-hybridized carbons (Fsp3) is 0.267. The summed E-state index contributed by atoms with van der Waals surface area (Å²) in [5, 5.41) is 0.00946. The first-order chi connectivity index (χ1) is 20.9. The highest BCUT2D eigenvalue weighted by Crippen LogP contribution is 2.35. The van der Waals surface area contributed by atoms with Crippen molar-refractivity contribution in [2.24, 2.45) is 0 Å². The van der Waals surface area contributed by atoms with Crippen molar-refractivity contribution in [3.05, 3.63) is 94.5 Å². The highest BCUT2D eigenvalue weighted by atomic mass is 32.2. The van der Waals surface area contributed by atoms with Crippen LogP contribution in [-0.4, -0.2) is 76.7 Å². The van der Waals surface area contributed by atoms with E-state index < -0.39 is 44.9 Å². The van der Waals surface area contributed by atoms with Gasteiger partial charge in [-0.1, -0.05) is 18.7 Å². The lowest BCUT2D eigenvalue weighted by molar-refractivity contribution is -0.127. The number of aromatic nitrogens is 4. The Hall–Kier alpha value is -5.03. The lowest BCUT2D eigenvalue weighted by Crippen LogP contribution is -2.60. The number of hydrogen-bond donors (Lipinski definition) is 0. The zero-order valence-electron chi connectivity index (χ0n) is 24.0. The molecule has 0 bridgehead atoms. The maximum atomic E-state index is 15.9. The van der Waals surface area contributed by atoms with Gasteiger partial charge in [-0.25, -0.2) is 38.1 Å². The molecule has 226 valence electrons. The average molecular weight is 620 g/mol. The Morgan fingerprint density at radius 2 is 1.91 bits per heavy atom. The molecular weight excluding hydrogens is 592 g/mol. The van der Waals surface area contributed by atoms with Crippen molar-refractivity contribution in [1.82, 2.24) is 24.4 Å². The van der Waals surface area contributed by atoms with Crippen LogP contribution in [0.1, 0.15) is 12.6 Å². The molecule has 4 heterocycles. The first kappa shape index (κ1) is 30.4. The molecular formula is C30H27F2N7O4S. The molecule has 0 aliphatic carbocycles. The number of piperazine rings is 1. The van der Waals surface area contributed by atoms with Crippen molar-refractivity contribution >= 4 is 32.6 Å². The first-order valence-electron chi connectivity index (χ1n) is 13.4. The smallest absolute Gasteiger partial charge is 0.339 e. The molecule has 2 atom stereocenters. The quantitative estimate of drug-likeness (QED) is 0.238. The van der Waals surface area contributed by atoms with Gasteiger partial charge >= 0.3 is 5.69 Å². The van der Waals surface area contributed by atoms with Gasteiger partial charge in [-0.2, -0.15) is 4.98 Å². The van der Waals surface area contributed by atoms with Gasteiger partial charge in [-0.3, -0.25) is 9.78 Å². The summed E-state index contributed by atoms with van der Waals surface area (Å²) in [6.45, 7) is 14.5. The number of amides is 1. The van der Waals surface area contributed by atoms with Crippen LogP contribution >= 0.6 is 0 Å². The minimum atomic E-state index is -3.92. The number of nitrogens with zero attached hydrogens (tertiary/aromatic N) is 7. The number of benzene rings is 1. The summed E-state index contributed by atoms with van der Waals surface area (Å²) < 4.78 is 57.4. The summed E-state index contributed by atoms with van der Waals surface area (Å²) in [7, 11) is -3.92. The van der Waals surface area contributed by atoms with Crippen LogP contribution in [0.25, 0.3) is 32.8 Å². The van der Waals surface area contributed by atoms with Gasteiger partial charge < -0.3 is 14.6 Å². The Morgan fingerprint density at radius 1 is 1.18 bits per heavy atom. The van der Waals surface area contributed by atoms with Gasteiger partial charge in [0.15, 0.2) is 15.5 Å². The number of sulfone groups is 1. The van der Waals surface area contributed by atoms with E-state index in [2.05, 4.69) is 26.4 Å². The summed E-state index contributed by atoms with van der Waals surface area (Å²) in [5.41, 5.74) is -1.71. The summed E-state index contributed by atoms with van der Waals surface area (Å²) >= 11 is 0. The molecule has 1 saturated heterocycles. The second-order valence-electron chi connectivity index (χ2n) is 10.4. The molecule has 11 nitrogen and oxygen atoms in total. The molecule has 0 spiro atoms. The Morgan fingerprint density at radius 3 is 2.57 bits per heavy atom. The second-order valence-corrected chi connectivity index (χ2v) is 12.4. The highest BCUT2D eigenvalue weighted by Gasteiger charge is 2.38. The molecule has 1 fully saturated rings. The van der Waals surface area contributed by atoms with E-state index in [-0.39, 0.29) is 64.2 Å². The summed E-state index contributed by atoms with van der Waals surface area (Å²) in [5.74, 6) is -2.02. The van der Waals surface area contributed by atoms with Crippen LogP contribution in [0.5, 0.6) is 0 Å². The van der Waals surface area contributed by atoms with Crippen LogP contribution in [-0.2, 0) is 14.6 Å². The standard InChI is InChI=1S/C30H27F2N7O4S/c1-6-25(40)37-15-17(2)38(19(16-37)14-33-4)29-21-13-23(32)26(20-9-7-8-10-22(20)31)35-28(21)39(30(41)36-29)27-18(3)34-12-11-24(27)44(5,42)43/h6-13,17,19H,1,14-16H2,2-3,5H3/t17-,19-/m0/s1. The monoisotopic (exact) mass is 619 g/mol. The maximum absolute atomic E-state index is 15.9. The lowest BCUT2D eigenvalue weighted by Gasteiger charge is -2.44. The normalized spacial score (nSPS) is 17.0. The van der Waals surface area contributed by atoms with Crippen LogP contribution < -0.4 is 10.6 Å². The number of aryl methyl sites for hydroxylation is 1. The van der Waals surface area contributed by atoms with E-state index in [4.69, 9.17) is 6.57 Å². The molecule has 3 aromatic heterocycles. The highest BCUT2D eigenvalue weighted by molar-refractivity contribution is 7.90. The molecule has 5 rings (SSSR count). The molecule has 4 aromatic rings. The minimum absolute atomic E-state index is 0.00946. The average Bonchev–Trinajstić information content (AvgIpc) is 2.97. The third-order valence-electron chi connectivity index (χ3n) is 7.44. The number of hydrogen-bond acceptors (Lipinski definition) is 8. The van der Waals surface area contributed by atoms with Crippen LogP contribution in [0.15, 0.2) is 64.9 Å². The van der Waals surface area contributed by atoms with Gasteiger partial charge in [0.25, 0.3) is 0 Å². The number of fused-ring (bicyclic) bond motifs is 1. The number of carbonyl (C=O) groups excluding carboxylic acids is 1. The van der Waals surface area contributed by atoms with Gasteiger partial charge in [0.1, 0.15) is 29.2 Å². The second kappa shape index (κ2) is 11.6. The SMILES string of the molecule is [C-]#[N+]C[C@H]1CN(C(=O)C=C)C[C@H](C)N1c1nc(=O)n(-c2c(S(C)(=O)=O)ccnc2C)c2nc(-c3ccccc3F)c(F)cc12. The van der Waals surface area contributed by atoms with E-state index >= 15 is 4.39 Å². The Bertz CT molecular complexity index is 2040. The van der Waals surface area contributed by atoms with Crippen molar-refractivity contribution in [3.63, 3.8) is 0 Å². The van der Waals surface area contributed by atoms with E-state index in [9.17, 15) is 22.4 Å². The predicted octanol–water partition coefficient (Wildman–Crippen LogP) is 3.34. The molecule has 14 heteroatoms. The molecule has 1 aromatic carbocycles. The van der Waals surface area contributed by atoms with E-state index in [1.807, 2.05) is 0 Å². The molecule has 44 heavy (non-hydrogen) atoms. The van der Waals surface area contributed by atoms with Crippen molar-refractivity contribution in [2.45, 2.75) is 30.8 Å². The number of carbonyl (C=O) groups is 1. The van der Waals surface area contributed by atoms with E-state index in [0.29, 0.717) is 0 Å². The largest absolute Gasteiger partial charge is 0.355 e. The maximum Gasteiger partial charge on any atom is 0.355 e. The van der Waals surface area contributed by atoms with Gasteiger partial charge in [0.2, 0.25) is 12.5 Å². The summed E-state index contributed by atoms with van der Waals surface area (Å²) in [6.07, 6.45) is 3.42. The first-order valence-corrected chi connectivity index (χ1v) is 15.3. The van der Waals surface area contributed by atoms with Crippen LogP contribution in [0.3, 0.4) is 0 Å². The fourth-order valence-electron chi connectivity index (χ4n) is 5.58. The number of rotatable bonds is 6. The zero-order valence-corrected chi connectivity index (χ0v) is 24.8. The summed E-state index contributed by atoms with van der Waals surface area (Å²) in [6, 6.07) is 6.56. The van der Waals surface area contributed by atoms with Gasteiger partial charge in [-0.05, 0) is 44.2 Å². The summed E-state index contributed by atoms with van der Waals surface area (Å²) in [4.78, 5) is 45.8. The van der Waals surface area contributed by atoms with Gasteiger partial charge in [-0.15, -0.1) is 0 Å². The van der Waals surface area contributed by atoms with Crippen molar-refractivity contribution < 1.29 is 22.0 Å². The van der Waals surface area contributed by atoms with E-state index in [1.165, 1.54) is 48.4 Å². The third kappa shape index (κ3) is 5.30. The molecule has 1 aliphatic heterocycles. The van der Waals surface area contributed by atoms with E-state index in [0.717, 1.165) is 23.0 Å². The topological polar surface area (TPSA) is 123 Å². The molecule has 0 N–H and O–H groups in total. The Kier molecular flexibility index (Phi) is 8.00. The van der Waals surface area contributed by atoms with Crippen molar-refractivity contribution in [1.29, 1.82) is 0 Å². The molecule has 1 aliphatic rings.